The number of pyridine rings is 1. The second kappa shape index (κ2) is 8.75. The summed E-state index contributed by atoms with van der Waals surface area (Å²) < 4.78 is 41.5. The van der Waals surface area contributed by atoms with Gasteiger partial charge < -0.3 is 16.0 Å². The van der Waals surface area contributed by atoms with Gasteiger partial charge in [0.15, 0.2) is 17.3 Å². The highest BCUT2D eigenvalue weighted by molar-refractivity contribution is 6.12. The van der Waals surface area contributed by atoms with Gasteiger partial charge in [-0.2, -0.15) is 0 Å². The molecule has 0 radical (unpaired) electrons. The van der Waals surface area contributed by atoms with E-state index in [1.54, 1.807) is 12.4 Å². The molecule has 0 unspecified atom stereocenters. The van der Waals surface area contributed by atoms with Crippen molar-refractivity contribution >= 4 is 28.7 Å². The first-order chi connectivity index (χ1) is 16.3. The Morgan fingerprint density at radius 2 is 2.03 bits per heavy atom. The summed E-state index contributed by atoms with van der Waals surface area (Å²) >= 11 is 0. The second-order valence-electron chi connectivity index (χ2n) is 8.92. The molecule has 0 saturated carbocycles. The van der Waals surface area contributed by atoms with E-state index < -0.39 is 17.6 Å². The van der Waals surface area contributed by atoms with Gasteiger partial charge in [-0.1, -0.05) is 0 Å². The molecule has 9 nitrogen and oxygen atoms in total. The Morgan fingerprint density at radius 1 is 1.24 bits per heavy atom. The summed E-state index contributed by atoms with van der Waals surface area (Å²) in [5.41, 5.74) is 7.42. The maximum atomic E-state index is 13.5. The number of hydrogen-bond acceptors (Lipinski definition) is 7. The molecule has 180 valence electrons. The van der Waals surface area contributed by atoms with Crippen LogP contribution in [-0.2, 0) is 0 Å². The minimum atomic E-state index is -2.57. The van der Waals surface area contributed by atoms with Gasteiger partial charge in [0.1, 0.15) is 5.56 Å². The van der Waals surface area contributed by atoms with Gasteiger partial charge in [-0.15, -0.1) is 5.10 Å². The maximum absolute atomic E-state index is 13.5. The highest BCUT2D eigenvalue weighted by Gasteiger charge is 2.39. The van der Waals surface area contributed by atoms with Gasteiger partial charge in [0.25, 0.3) is 11.8 Å². The highest BCUT2D eigenvalue weighted by atomic mass is 19.3. The summed E-state index contributed by atoms with van der Waals surface area (Å²) in [5.74, 6) is -3.40. The number of carbonyl (C=O) groups is 1. The number of nitrogens with one attached hydrogen (secondary N) is 1. The first-order valence-corrected chi connectivity index (χ1v) is 11.2. The lowest BCUT2D eigenvalue weighted by Crippen LogP contribution is -2.39. The monoisotopic (exact) mass is 474 g/mol. The van der Waals surface area contributed by atoms with Crippen molar-refractivity contribution in [2.24, 2.45) is 5.92 Å². The lowest BCUT2D eigenvalue weighted by molar-refractivity contribution is 0.0105. The standard InChI is InChI=1S/C22H25F3N8O/c23-15-9-28-20-18(19(26)30-33(20)12-15)21(34)29-16-10-27-5-1-17(16)32-6-2-14(3-7-32)11-31-8-4-22(24,25)13-31/h1,5,9-10,12,14H,2-4,6-8,11,13H2,(H2,26,30)(H,29,34). The normalized spacial score (nSPS) is 19.1. The summed E-state index contributed by atoms with van der Waals surface area (Å²) in [5, 5.41) is 6.80. The van der Waals surface area contributed by atoms with E-state index in [0.717, 1.165) is 48.5 Å². The van der Waals surface area contributed by atoms with Gasteiger partial charge in [-0.05, 0) is 24.8 Å². The zero-order valence-electron chi connectivity index (χ0n) is 18.4. The Bertz CT molecular complexity index is 1210. The van der Waals surface area contributed by atoms with Crippen LogP contribution in [0, 0.1) is 11.7 Å². The van der Waals surface area contributed by atoms with Gasteiger partial charge in [-0.3, -0.25) is 14.7 Å². The Morgan fingerprint density at radius 3 is 2.76 bits per heavy atom. The molecule has 0 bridgehead atoms. The maximum Gasteiger partial charge on any atom is 0.263 e. The first kappa shape index (κ1) is 22.4. The Labute approximate surface area is 193 Å². The van der Waals surface area contributed by atoms with Crippen molar-refractivity contribution in [2.75, 3.05) is 48.7 Å². The largest absolute Gasteiger partial charge is 0.381 e. The fourth-order valence-electron chi connectivity index (χ4n) is 4.78. The number of likely N-dealkylation sites (tertiary alicyclic amines) is 1. The van der Waals surface area contributed by atoms with Gasteiger partial charge in [0, 0.05) is 38.8 Å². The van der Waals surface area contributed by atoms with Crippen LogP contribution in [0.1, 0.15) is 29.6 Å². The van der Waals surface area contributed by atoms with E-state index in [2.05, 4.69) is 25.3 Å². The van der Waals surface area contributed by atoms with Gasteiger partial charge in [0.05, 0.1) is 36.5 Å². The van der Waals surface area contributed by atoms with Crippen LogP contribution in [0.15, 0.2) is 30.9 Å². The lowest BCUT2D eigenvalue weighted by Gasteiger charge is -2.36. The number of amides is 1. The summed E-state index contributed by atoms with van der Waals surface area (Å²) in [7, 11) is 0. The van der Waals surface area contributed by atoms with Crippen molar-refractivity contribution in [3.05, 3.63) is 42.2 Å². The Kier molecular flexibility index (Phi) is 5.76. The van der Waals surface area contributed by atoms with Crippen molar-refractivity contribution in [1.29, 1.82) is 0 Å². The highest BCUT2D eigenvalue weighted by Crippen LogP contribution is 2.32. The van der Waals surface area contributed by atoms with Crippen molar-refractivity contribution in [1.82, 2.24) is 24.5 Å². The molecule has 2 saturated heterocycles. The molecule has 3 N–H and O–H groups in total. The third kappa shape index (κ3) is 4.49. The van der Waals surface area contributed by atoms with E-state index in [-0.39, 0.29) is 30.0 Å². The minimum Gasteiger partial charge on any atom is -0.381 e. The predicted octanol–water partition coefficient (Wildman–Crippen LogP) is 2.66. The smallest absolute Gasteiger partial charge is 0.263 e. The zero-order chi connectivity index (χ0) is 23.9. The van der Waals surface area contributed by atoms with Crippen LogP contribution in [0.4, 0.5) is 30.4 Å². The number of nitrogen functional groups attached to an aromatic ring is 1. The molecular weight excluding hydrogens is 449 g/mol. The molecule has 1 amide bonds. The van der Waals surface area contributed by atoms with E-state index in [9.17, 15) is 18.0 Å². The molecule has 5 rings (SSSR count). The predicted molar refractivity (Wildman–Crippen MR) is 120 cm³/mol. The summed E-state index contributed by atoms with van der Waals surface area (Å²) in [6, 6.07) is 1.82. The molecule has 0 aliphatic carbocycles. The van der Waals surface area contributed by atoms with E-state index in [0.29, 0.717) is 24.7 Å². The molecule has 0 aromatic carbocycles. The van der Waals surface area contributed by atoms with E-state index in [1.165, 1.54) is 0 Å². The molecule has 2 fully saturated rings. The number of nitrogens with two attached hydrogens (primary N) is 1. The number of alkyl halides is 2. The molecule has 5 heterocycles. The lowest BCUT2D eigenvalue weighted by atomic mass is 9.96. The number of hydrogen-bond donors (Lipinski definition) is 2. The first-order valence-electron chi connectivity index (χ1n) is 11.2. The quantitative estimate of drug-likeness (QED) is 0.586. The van der Waals surface area contributed by atoms with Crippen LogP contribution in [0.2, 0.25) is 0 Å². The SMILES string of the molecule is Nc1nn2cc(F)cnc2c1C(=O)Nc1cnccc1N1CCC(CN2CCC(F)(F)C2)CC1. The fraction of sp³-hybridized carbons (Fsp3) is 0.455. The molecular formula is C22H25F3N8O. The number of aromatic nitrogens is 4. The van der Waals surface area contributed by atoms with E-state index in [1.807, 2.05) is 11.0 Å². The van der Waals surface area contributed by atoms with Crippen LogP contribution < -0.4 is 16.0 Å². The van der Waals surface area contributed by atoms with Crippen LogP contribution >= 0.6 is 0 Å². The third-order valence-electron chi connectivity index (χ3n) is 6.46. The number of anilines is 3. The number of nitrogens with zero attached hydrogens (tertiary/aromatic N) is 6. The third-order valence-corrected chi connectivity index (χ3v) is 6.46. The number of halogens is 3. The molecule has 34 heavy (non-hydrogen) atoms. The molecule has 3 aromatic rings. The molecule has 12 heteroatoms. The number of rotatable bonds is 5. The minimum absolute atomic E-state index is 0.0518. The van der Waals surface area contributed by atoms with Crippen LogP contribution in [0.3, 0.4) is 0 Å². The van der Waals surface area contributed by atoms with Crippen molar-refractivity contribution in [2.45, 2.75) is 25.2 Å². The van der Waals surface area contributed by atoms with Crippen molar-refractivity contribution in [3.8, 4) is 0 Å². The Balaban J connectivity index is 1.27. The average molecular weight is 474 g/mol. The van der Waals surface area contributed by atoms with Crippen LogP contribution in [0.5, 0.6) is 0 Å². The van der Waals surface area contributed by atoms with Gasteiger partial charge >= 0.3 is 0 Å². The molecule has 3 aromatic heterocycles. The molecule has 2 aliphatic rings. The second-order valence-corrected chi connectivity index (χ2v) is 8.92. The number of carbonyl (C=O) groups excluding carboxylic acids is 1. The topological polar surface area (TPSA) is 105 Å². The zero-order valence-corrected chi connectivity index (χ0v) is 18.4. The van der Waals surface area contributed by atoms with E-state index >= 15 is 0 Å². The summed E-state index contributed by atoms with van der Waals surface area (Å²) in [6.45, 7) is 2.46. The fourth-order valence-corrected chi connectivity index (χ4v) is 4.78. The molecule has 0 spiro atoms. The van der Waals surface area contributed by atoms with Gasteiger partial charge in [-0.25, -0.2) is 22.7 Å². The average Bonchev–Trinajstić information content (AvgIpc) is 3.31. The molecule has 2 aliphatic heterocycles. The van der Waals surface area contributed by atoms with Gasteiger partial charge in [0.2, 0.25) is 0 Å². The van der Waals surface area contributed by atoms with Crippen LogP contribution in [-0.4, -0.2) is 69.0 Å². The number of fused-ring (bicyclic) bond motifs is 1. The summed E-state index contributed by atoms with van der Waals surface area (Å²) in [4.78, 5) is 25.1. The summed E-state index contributed by atoms with van der Waals surface area (Å²) in [6.07, 6.45) is 6.97. The number of piperidine rings is 1. The van der Waals surface area contributed by atoms with Crippen molar-refractivity contribution < 1.29 is 18.0 Å². The van der Waals surface area contributed by atoms with Crippen molar-refractivity contribution in [3.63, 3.8) is 0 Å². The van der Waals surface area contributed by atoms with E-state index in [4.69, 9.17) is 5.73 Å². The van der Waals surface area contributed by atoms with Crippen LogP contribution in [0.25, 0.3) is 5.65 Å². The molecule has 0 atom stereocenters. The Hall–Kier alpha value is -3.41.